The van der Waals surface area contributed by atoms with Gasteiger partial charge in [-0.05, 0) is 30.2 Å². The van der Waals surface area contributed by atoms with Gasteiger partial charge in [-0.1, -0.05) is 30.3 Å². The quantitative estimate of drug-likeness (QED) is 0.931. The summed E-state index contributed by atoms with van der Waals surface area (Å²) < 4.78 is 5.38. The first-order valence-corrected chi connectivity index (χ1v) is 7.88. The number of hydrogen-bond donors (Lipinski definition) is 1. The molecule has 3 rings (SSSR count). The molecule has 5 nitrogen and oxygen atoms in total. The lowest BCUT2D eigenvalue weighted by Gasteiger charge is -2.21. The van der Waals surface area contributed by atoms with E-state index in [0.29, 0.717) is 37.6 Å². The van der Waals surface area contributed by atoms with Gasteiger partial charge in [0.05, 0.1) is 0 Å². The van der Waals surface area contributed by atoms with Crippen molar-refractivity contribution in [1.29, 1.82) is 0 Å². The number of rotatable bonds is 3. The van der Waals surface area contributed by atoms with Crippen LogP contribution >= 0.6 is 0 Å². The second kappa shape index (κ2) is 6.38. The first-order chi connectivity index (χ1) is 10.6. The van der Waals surface area contributed by atoms with Gasteiger partial charge in [0.15, 0.2) is 0 Å². The fourth-order valence-electron chi connectivity index (χ4n) is 3.40. The highest BCUT2D eigenvalue weighted by Crippen LogP contribution is 2.46. The number of likely N-dealkylation sites (tertiary alicyclic amines) is 1. The highest BCUT2D eigenvalue weighted by Gasteiger charge is 2.51. The van der Waals surface area contributed by atoms with Gasteiger partial charge in [-0.2, -0.15) is 0 Å². The van der Waals surface area contributed by atoms with Crippen molar-refractivity contribution in [2.75, 3.05) is 13.1 Å². The van der Waals surface area contributed by atoms with Gasteiger partial charge in [0.1, 0.15) is 6.61 Å². The summed E-state index contributed by atoms with van der Waals surface area (Å²) in [6, 6.07) is 10.0. The molecule has 2 fully saturated rings. The predicted octanol–water partition coefficient (Wildman–Crippen LogP) is 2.17. The van der Waals surface area contributed by atoms with Crippen molar-refractivity contribution in [3.8, 4) is 0 Å². The number of carbonyl (C=O) groups excluding carboxylic acids is 2. The van der Waals surface area contributed by atoms with E-state index in [-0.39, 0.29) is 12.0 Å². The summed E-state index contributed by atoms with van der Waals surface area (Å²) in [7, 11) is 0. The van der Waals surface area contributed by atoms with Crippen molar-refractivity contribution in [3.05, 3.63) is 35.9 Å². The van der Waals surface area contributed by atoms with Crippen molar-refractivity contribution in [2.45, 2.75) is 32.4 Å². The van der Waals surface area contributed by atoms with E-state index in [9.17, 15) is 9.59 Å². The van der Waals surface area contributed by atoms with Crippen LogP contribution in [0, 0.1) is 11.8 Å². The van der Waals surface area contributed by atoms with Crippen LogP contribution < -0.4 is 5.32 Å². The molecule has 2 unspecified atom stereocenters. The van der Waals surface area contributed by atoms with Crippen molar-refractivity contribution < 1.29 is 14.3 Å². The fourth-order valence-corrected chi connectivity index (χ4v) is 3.40. The summed E-state index contributed by atoms with van der Waals surface area (Å²) in [4.78, 5) is 25.1. The average Bonchev–Trinajstić information content (AvgIpc) is 3.21. The van der Waals surface area contributed by atoms with E-state index in [1.807, 2.05) is 30.3 Å². The Hall–Kier alpha value is -2.04. The Bertz CT molecular complexity index is 532. The second-order valence-electron chi connectivity index (χ2n) is 6.16. The second-order valence-corrected chi connectivity index (χ2v) is 6.16. The van der Waals surface area contributed by atoms with Gasteiger partial charge in [0.2, 0.25) is 5.91 Å². The van der Waals surface area contributed by atoms with E-state index in [1.165, 1.54) is 0 Å². The molecule has 2 aliphatic rings. The first kappa shape index (κ1) is 14.9. The number of benzene rings is 1. The normalized spacial score (nSPS) is 26.6. The maximum atomic E-state index is 12.1. The maximum Gasteiger partial charge on any atom is 0.410 e. The zero-order valence-electron chi connectivity index (χ0n) is 12.8. The molecule has 1 saturated heterocycles. The van der Waals surface area contributed by atoms with E-state index in [1.54, 1.807) is 11.8 Å². The van der Waals surface area contributed by atoms with Gasteiger partial charge < -0.3 is 15.0 Å². The molecule has 1 aliphatic heterocycles. The molecule has 0 bridgehead atoms. The molecule has 2 amide bonds. The molecular formula is C17H22N2O3. The highest BCUT2D eigenvalue weighted by molar-refractivity contribution is 5.73. The fraction of sp³-hybridized carbons (Fsp3) is 0.529. The summed E-state index contributed by atoms with van der Waals surface area (Å²) in [5, 5.41) is 3.00. The molecule has 0 spiro atoms. The van der Waals surface area contributed by atoms with Crippen molar-refractivity contribution in [2.24, 2.45) is 11.8 Å². The monoisotopic (exact) mass is 302 g/mol. The number of carbonyl (C=O) groups is 2. The molecule has 1 aliphatic carbocycles. The Morgan fingerprint density at radius 1 is 1.18 bits per heavy atom. The molecule has 118 valence electrons. The predicted molar refractivity (Wildman–Crippen MR) is 82.0 cm³/mol. The molecule has 1 heterocycles. The highest BCUT2D eigenvalue weighted by atomic mass is 16.6. The van der Waals surface area contributed by atoms with E-state index in [4.69, 9.17) is 4.74 Å². The number of nitrogens with one attached hydrogen (secondary N) is 1. The minimum atomic E-state index is -0.235. The van der Waals surface area contributed by atoms with Crippen LogP contribution in [0.1, 0.15) is 25.3 Å². The SMILES string of the molecule is CC(=O)NC1C2CCN(C(=O)OCc3ccccc3)CCC21. The largest absolute Gasteiger partial charge is 0.445 e. The minimum absolute atomic E-state index is 0.0391. The summed E-state index contributed by atoms with van der Waals surface area (Å²) in [5.74, 6) is 1.09. The zero-order chi connectivity index (χ0) is 15.5. The van der Waals surface area contributed by atoms with E-state index in [0.717, 1.165) is 18.4 Å². The van der Waals surface area contributed by atoms with E-state index in [2.05, 4.69) is 5.32 Å². The molecular weight excluding hydrogens is 280 g/mol. The number of fused-ring (bicyclic) bond motifs is 1. The Kier molecular flexibility index (Phi) is 4.32. The van der Waals surface area contributed by atoms with Gasteiger partial charge in [0.25, 0.3) is 0 Å². The lowest BCUT2D eigenvalue weighted by molar-refractivity contribution is -0.119. The summed E-state index contributed by atoms with van der Waals surface area (Å²) in [6.07, 6.45) is 1.65. The maximum absolute atomic E-state index is 12.1. The Morgan fingerprint density at radius 3 is 2.41 bits per heavy atom. The van der Waals surface area contributed by atoms with Crippen LogP contribution in [-0.4, -0.2) is 36.0 Å². The molecule has 2 atom stereocenters. The standard InChI is InChI=1S/C17H22N2O3/c1-12(20)18-16-14-7-9-19(10-8-15(14)16)17(21)22-11-13-5-3-2-4-6-13/h2-6,14-16H,7-11H2,1H3,(H,18,20). The Balaban J connectivity index is 1.45. The molecule has 1 aromatic rings. The smallest absolute Gasteiger partial charge is 0.410 e. The van der Waals surface area contributed by atoms with Gasteiger partial charge in [-0.25, -0.2) is 4.79 Å². The Labute approximate surface area is 130 Å². The zero-order valence-corrected chi connectivity index (χ0v) is 12.8. The van der Waals surface area contributed by atoms with Gasteiger partial charge in [-0.3, -0.25) is 4.79 Å². The molecule has 1 aromatic carbocycles. The lowest BCUT2D eigenvalue weighted by Crippen LogP contribution is -2.34. The van der Waals surface area contributed by atoms with Crippen molar-refractivity contribution in [1.82, 2.24) is 10.2 Å². The van der Waals surface area contributed by atoms with Crippen LogP contribution in [0.4, 0.5) is 4.79 Å². The number of nitrogens with zero attached hydrogens (tertiary/aromatic N) is 1. The van der Waals surface area contributed by atoms with Gasteiger partial charge in [0, 0.05) is 26.1 Å². The van der Waals surface area contributed by atoms with Crippen LogP contribution in [0.2, 0.25) is 0 Å². The van der Waals surface area contributed by atoms with E-state index >= 15 is 0 Å². The third-order valence-electron chi connectivity index (χ3n) is 4.63. The third-order valence-corrected chi connectivity index (χ3v) is 4.63. The molecule has 1 saturated carbocycles. The van der Waals surface area contributed by atoms with Crippen LogP contribution in [-0.2, 0) is 16.1 Å². The molecule has 1 N–H and O–H groups in total. The first-order valence-electron chi connectivity index (χ1n) is 7.88. The summed E-state index contributed by atoms with van der Waals surface area (Å²) in [5.41, 5.74) is 0.999. The minimum Gasteiger partial charge on any atom is -0.445 e. The molecule has 0 radical (unpaired) electrons. The third kappa shape index (κ3) is 3.40. The van der Waals surface area contributed by atoms with Crippen LogP contribution in [0.3, 0.4) is 0 Å². The average molecular weight is 302 g/mol. The Morgan fingerprint density at radius 2 is 1.82 bits per heavy atom. The number of ether oxygens (including phenoxy) is 1. The molecule has 22 heavy (non-hydrogen) atoms. The van der Waals surface area contributed by atoms with Gasteiger partial charge >= 0.3 is 6.09 Å². The molecule has 0 aromatic heterocycles. The van der Waals surface area contributed by atoms with E-state index < -0.39 is 0 Å². The number of amides is 2. The summed E-state index contributed by atoms with van der Waals surface area (Å²) in [6.45, 7) is 3.30. The van der Waals surface area contributed by atoms with Crippen LogP contribution in [0.5, 0.6) is 0 Å². The number of hydrogen-bond acceptors (Lipinski definition) is 3. The van der Waals surface area contributed by atoms with Crippen LogP contribution in [0.25, 0.3) is 0 Å². The summed E-state index contributed by atoms with van der Waals surface area (Å²) >= 11 is 0. The molecule has 5 heteroatoms. The van der Waals surface area contributed by atoms with Gasteiger partial charge in [-0.15, -0.1) is 0 Å². The topological polar surface area (TPSA) is 58.6 Å². The lowest BCUT2D eigenvalue weighted by atomic mass is 10.2. The van der Waals surface area contributed by atoms with Crippen molar-refractivity contribution in [3.63, 3.8) is 0 Å². The van der Waals surface area contributed by atoms with Crippen LogP contribution in [0.15, 0.2) is 30.3 Å². The van der Waals surface area contributed by atoms with Crippen molar-refractivity contribution >= 4 is 12.0 Å².